The standard InChI is InChI=1S/C10H15N3O2/c1-15-6-7-4-11-5-8(14)9(7)10-12-2-3-13-10/h4-5,10,12-14H,2-3,6H2,1H3. The highest BCUT2D eigenvalue weighted by atomic mass is 16.5. The minimum absolute atomic E-state index is 0.00171. The zero-order chi connectivity index (χ0) is 10.7. The molecule has 0 saturated carbocycles. The average Bonchev–Trinajstić information content (AvgIpc) is 2.71. The molecule has 0 unspecified atom stereocenters. The fourth-order valence-corrected chi connectivity index (χ4v) is 1.81. The smallest absolute Gasteiger partial charge is 0.140 e. The Morgan fingerprint density at radius 2 is 2.20 bits per heavy atom. The maximum Gasteiger partial charge on any atom is 0.140 e. The summed E-state index contributed by atoms with van der Waals surface area (Å²) in [6.07, 6.45) is 3.18. The molecule has 1 aliphatic heterocycles. The molecule has 0 atom stereocenters. The van der Waals surface area contributed by atoms with Crippen molar-refractivity contribution < 1.29 is 9.84 Å². The first-order chi connectivity index (χ1) is 7.33. The van der Waals surface area contributed by atoms with E-state index in [1.807, 2.05) is 0 Å². The number of methoxy groups -OCH3 is 1. The van der Waals surface area contributed by atoms with E-state index in [2.05, 4.69) is 15.6 Å². The molecular weight excluding hydrogens is 194 g/mol. The Morgan fingerprint density at radius 3 is 2.87 bits per heavy atom. The SMILES string of the molecule is COCc1cncc(O)c1C1NCCN1. The van der Waals surface area contributed by atoms with Crippen molar-refractivity contribution in [2.45, 2.75) is 12.8 Å². The van der Waals surface area contributed by atoms with Crippen LogP contribution in [0.4, 0.5) is 0 Å². The minimum Gasteiger partial charge on any atom is -0.506 e. The van der Waals surface area contributed by atoms with Crippen molar-refractivity contribution in [1.82, 2.24) is 15.6 Å². The first kappa shape index (κ1) is 10.4. The van der Waals surface area contributed by atoms with Crippen molar-refractivity contribution in [3.63, 3.8) is 0 Å². The molecule has 0 aliphatic carbocycles. The first-order valence-corrected chi connectivity index (χ1v) is 4.94. The molecule has 1 aliphatic rings. The minimum atomic E-state index is -0.00171. The molecule has 15 heavy (non-hydrogen) atoms. The van der Waals surface area contributed by atoms with Crippen molar-refractivity contribution in [3.8, 4) is 5.75 Å². The van der Waals surface area contributed by atoms with Gasteiger partial charge in [-0.15, -0.1) is 0 Å². The van der Waals surface area contributed by atoms with Crippen LogP contribution in [-0.4, -0.2) is 30.3 Å². The monoisotopic (exact) mass is 209 g/mol. The first-order valence-electron chi connectivity index (χ1n) is 4.94. The Kier molecular flexibility index (Phi) is 3.15. The van der Waals surface area contributed by atoms with E-state index in [1.165, 1.54) is 6.20 Å². The van der Waals surface area contributed by atoms with Gasteiger partial charge in [0.15, 0.2) is 0 Å². The maximum absolute atomic E-state index is 9.78. The summed E-state index contributed by atoms with van der Waals surface area (Å²) in [4.78, 5) is 3.95. The van der Waals surface area contributed by atoms with E-state index in [-0.39, 0.29) is 11.9 Å². The number of nitrogens with zero attached hydrogens (tertiary/aromatic N) is 1. The van der Waals surface area contributed by atoms with Gasteiger partial charge in [0, 0.05) is 37.5 Å². The van der Waals surface area contributed by atoms with Crippen LogP contribution in [0.15, 0.2) is 12.4 Å². The Labute approximate surface area is 88.5 Å². The Balaban J connectivity index is 2.32. The summed E-state index contributed by atoms with van der Waals surface area (Å²) >= 11 is 0. The number of pyridine rings is 1. The van der Waals surface area contributed by atoms with Gasteiger partial charge >= 0.3 is 0 Å². The van der Waals surface area contributed by atoms with Gasteiger partial charge in [-0.05, 0) is 0 Å². The summed E-state index contributed by atoms with van der Waals surface area (Å²) in [5, 5.41) is 16.3. The van der Waals surface area contributed by atoms with Crippen LogP contribution in [0.2, 0.25) is 0 Å². The average molecular weight is 209 g/mol. The van der Waals surface area contributed by atoms with Gasteiger partial charge in [-0.2, -0.15) is 0 Å². The molecule has 2 heterocycles. The molecule has 3 N–H and O–H groups in total. The van der Waals surface area contributed by atoms with Gasteiger partial charge in [-0.3, -0.25) is 15.6 Å². The summed E-state index contributed by atoms with van der Waals surface area (Å²) in [5.74, 6) is 0.205. The van der Waals surface area contributed by atoms with Gasteiger partial charge in [0.25, 0.3) is 0 Å². The van der Waals surface area contributed by atoms with Crippen molar-refractivity contribution in [2.75, 3.05) is 20.2 Å². The molecule has 0 bridgehead atoms. The third-order valence-corrected chi connectivity index (χ3v) is 2.46. The molecule has 0 radical (unpaired) electrons. The highest BCUT2D eigenvalue weighted by Crippen LogP contribution is 2.26. The van der Waals surface area contributed by atoms with E-state index in [9.17, 15) is 5.11 Å². The Morgan fingerprint density at radius 1 is 1.47 bits per heavy atom. The van der Waals surface area contributed by atoms with E-state index in [1.54, 1.807) is 13.3 Å². The third-order valence-electron chi connectivity index (χ3n) is 2.46. The van der Waals surface area contributed by atoms with Crippen LogP contribution >= 0.6 is 0 Å². The molecule has 1 aromatic rings. The Hall–Kier alpha value is -1.17. The van der Waals surface area contributed by atoms with Gasteiger partial charge in [-0.1, -0.05) is 0 Å². The van der Waals surface area contributed by atoms with Gasteiger partial charge in [0.2, 0.25) is 0 Å². The largest absolute Gasteiger partial charge is 0.506 e. The molecule has 5 heteroatoms. The number of aromatic nitrogens is 1. The number of hydrogen-bond acceptors (Lipinski definition) is 5. The lowest BCUT2D eigenvalue weighted by Crippen LogP contribution is -2.23. The third kappa shape index (κ3) is 2.09. The fourth-order valence-electron chi connectivity index (χ4n) is 1.81. The van der Waals surface area contributed by atoms with Crippen molar-refractivity contribution in [3.05, 3.63) is 23.5 Å². The molecule has 0 amide bonds. The normalized spacial score (nSPS) is 17.1. The van der Waals surface area contributed by atoms with E-state index in [0.717, 1.165) is 24.2 Å². The van der Waals surface area contributed by atoms with Gasteiger partial charge in [-0.25, -0.2) is 0 Å². The summed E-state index contributed by atoms with van der Waals surface area (Å²) in [6, 6.07) is 0. The van der Waals surface area contributed by atoms with Crippen LogP contribution in [0.3, 0.4) is 0 Å². The quantitative estimate of drug-likeness (QED) is 0.660. The second kappa shape index (κ2) is 4.57. The molecule has 1 aromatic heterocycles. The summed E-state index contributed by atoms with van der Waals surface area (Å²) in [7, 11) is 1.63. The molecule has 1 fully saturated rings. The lowest BCUT2D eigenvalue weighted by atomic mass is 10.1. The molecule has 0 spiro atoms. The Bertz CT molecular complexity index is 337. The summed E-state index contributed by atoms with van der Waals surface area (Å²) in [6.45, 7) is 2.26. The molecule has 0 aromatic carbocycles. The van der Waals surface area contributed by atoms with Crippen LogP contribution < -0.4 is 10.6 Å². The van der Waals surface area contributed by atoms with E-state index in [0.29, 0.717) is 6.61 Å². The van der Waals surface area contributed by atoms with Crippen LogP contribution in [-0.2, 0) is 11.3 Å². The lowest BCUT2D eigenvalue weighted by Gasteiger charge is -2.16. The second-order valence-corrected chi connectivity index (χ2v) is 3.51. The zero-order valence-corrected chi connectivity index (χ0v) is 8.66. The summed E-state index contributed by atoms with van der Waals surface area (Å²) < 4.78 is 5.08. The number of rotatable bonds is 3. The van der Waals surface area contributed by atoms with Crippen LogP contribution in [0, 0.1) is 0 Å². The highest BCUT2D eigenvalue weighted by molar-refractivity contribution is 5.38. The second-order valence-electron chi connectivity index (χ2n) is 3.51. The van der Waals surface area contributed by atoms with Crippen LogP contribution in [0.25, 0.3) is 0 Å². The predicted molar refractivity (Wildman–Crippen MR) is 55.4 cm³/mol. The van der Waals surface area contributed by atoms with Crippen LogP contribution in [0.5, 0.6) is 5.75 Å². The van der Waals surface area contributed by atoms with Crippen molar-refractivity contribution in [1.29, 1.82) is 0 Å². The lowest BCUT2D eigenvalue weighted by molar-refractivity contribution is 0.182. The van der Waals surface area contributed by atoms with E-state index in [4.69, 9.17) is 4.74 Å². The van der Waals surface area contributed by atoms with Gasteiger partial charge in [0.1, 0.15) is 5.75 Å². The number of nitrogens with one attached hydrogen (secondary N) is 2. The van der Waals surface area contributed by atoms with Crippen molar-refractivity contribution in [2.24, 2.45) is 0 Å². The molecule has 5 nitrogen and oxygen atoms in total. The number of ether oxygens (including phenoxy) is 1. The molecule has 2 rings (SSSR count). The zero-order valence-electron chi connectivity index (χ0n) is 8.66. The molecule has 82 valence electrons. The molecular formula is C10H15N3O2. The highest BCUT2D eigenvalue weighted by Gasteiger charge is 2.21. The maximum atomic E-state index is 9.78. The van der Waals surface area contributed by atoms with E-state index < -0.39 is 0 Å². The topological polar surface area (TPSA) is 66.4 Å². The molecule has 1 saturated heterocycles. The fraction of sp³-hybridized carbons (Fsp3) is 0.500. The van der Waals surface area contributed by atoms with Gasteiger partial charge < -0.3 is 9.84 Å². The predicted octanol–water partition coefficient (Wildman–Crippen LogP) is 0.125. The number of aromatic hydroxyl groups is 1. The summed E-state index contributed by atoms with van der Waals surface area (Å²) in [5.41, 5.74) is 1.74. The van der Waals surface area contributed by atoms with Gasteiger partial charge in [0.05, 0.1) is 19.0 Å². The van der Waals surface area contributed by atoms with Crippen molar-refractivity contribution >= 4 is 0 Å². The van der Waals surface area contributed by atoms with Crippen LogP contribution in [0.1, 0.15) is 17.3 Å². The number of hydrogen-bond donors (Lipinski definition) is 3. The van der Waals surface area contributed by atoms with E-state index >= 15 is 0 Å².